The van der Waals surface area contributed by atoms with Crippen LogP contribution in [0.25, 0.3) is 0 Å². The molecule has 236 valence electrons. The van der Waals surface area contributed by atoms with Gasteiger partial charge in [-0.05, 0) is 80.3 Å². The summed E-state index contributed by atoms with van der Waals surface area (Å²) in [7, 11) is -4.14. The minimum atomic E-state index is -4.14. The van der Waals surface area contributed by atoms with Crippen molar-refractivity contribution in [2.75, 3.05) is 10.8 Å². The van der Waals surface area contributed by atoms with Crippen molar-refractivity contribution in [2.45, 2.75) is 64.1 Å². The molecule has 4 aromatic rings. The van der Waals surface area contributed by atoms with E-state index >= 15 is 0 Å². The minimum absolute atomic E-state index is 0.0808. The summed E-state index contributed by atoms with van der Waals surface area (Å²) in [6.45, 7) is 7.29. The van der Waals surface area contributed by atoms with Crippen LogP contribution in [0.5, 0.6) is 0 Å². The number of carbonyl (C=O) groups excluding carboxylic acids is 2. The summed E-state index contributed by atoms with van der Waals surface area (Å²) < 4.78 is 30.3. The maximum Gasteiger partial charge on any atom is 0.264 e. The van der Waals surface area contributed by atoms with E-state index in [-0.39, 0.29) is 29.8 Å². The molecule has 0 aliphatic heterocycles. The number of nitrogens with one attached hydrogen (secondary N) is 1. The number of nitrogens with zero attached hydrogens (tertiary/aromatic N) is 2. The lowest BCUT2D eigenvalue weighted by molar-refractivity contribution is -0.140. The number of rotatable bonds is 13. The van der Waals surface area contributed by atoms with E-state index in [0.29, 0.717) is 5.69 Å². The van der Waals surface area contributed by atoms with Crippen LogP contribution in [0.3, 0.4) is 0 Å². The molecule has 0 saturated carbocycles. The SMILES string of the molecule is CC[C@@H](C)NC(=O)[C@@H](Cc1ccccc1)N(Cc1ccc(Br)cc1)C(=O)CN(c1cccc(C)c1)S(=O)(=O)c1ccc(C)cc1. The lowest BCUT2D eigenvalue weighted by Crippen LogP contribution is -2.54. The van der Waals surface area contributed by atoms with Gasteiger partial charge >= 0.3 is 0 Å². The fourth-order valence-electron chi connectivity index (χ4n) is 4.93. The van der Waals surface area contributed by atoms with Gasteiger partial charge in [0.25, 0.3) is 10.0 Å². The molecule has 4 rings (SSSR count). The van der Waals surface area contributed by atoms with E-state index in [1.807, 2.05) is 88.4 Å². The number of hydrogen-bond acceptors (Lipinski definition) is 4. The summed E-state index contributed by atoms with van der Waals surface area (Å²) in [5, 5.41) is 3.06. The van der Waals surface area contributed by atoms with Gasteiger partial charge in [-0.1, -0.05) is 95.1 Å². The maximum absolute atomic E-state index is 14.5. The number of anilines is 1. The molecule has 45 heavy (non-hydrogen) atoms. The predicted octanol–water partition coefficient (Wildman–Crippen LogP) is 6.82. The van der Waals surface area contributed by atoms with Crippen molar-refractivity contribution in [3.05, 3.63) is 130 Å². The van der Waals surface area contributed by atoms with E-state index < -0.39 is 28.5 Å². The van der Waals surface area contributed by atoms with Crippen molar-refractivity contribution in [2.24, 2.45) is 0 Å². The number of amides is 2. The van der Waals surface area contributed by atoms with Gasteiger partial charge in [0.15, 0.2) is 0 Å². The Labute approximate surface area is 275 Å². The van der Waals surface area contributed by atoms with Crippen molar-refractivity contribution >= 4 is 43.5 Å². The Kier molecular flexibility index (Phi) is 11.6. The molecule has 1 N–H and O–H groups in total. The van der Waals surface area contributed by atoms with Crippen LogP contribution in [0.15, 0.2) is 112 Å². The number of carbonyl (C=O) groups is 2. The molecule has 2 amide bonds. The van der Waals surface area contributed by atoms with Gasteiger partial charge in [-0.15, -0.1) is 0 Å². The molecule has 0 unspecified atom stereocenters. The van der Waals surface area contributed by atoms with E-state index in [1.54, 1.807) is 42.5 Å². The zero-order chi connectivity index (χ0) is 32.6. The van der Waals surface area contributed by atoms with Gasteiger partial charge in [0.2, 0.25) is 11.8 Å². The third-order valence-corrected chi connectivity index (χ3v) is 10.0. The van der Waals surface area contributed by atoms with E-state index in [4.69, 9.17) is 0 Å². The van der Waals surface area contributed by atoms with Gasteiger partial charge in [-0.2, -0.15) is 0 Å². The maximum atomic E-state index is 14.5. The molecule has 0 aliphatic rings. The Morgan fingerprint density at radius 3 is 2.11 bits per heavy atom. The average molecular weight is 691 g/mol. The van der Waals surface area contributed by atoms with Crippen LogP contribution in [-0.4, -0.2) is 43.8 Å². The summed E-state index contributed by atoms with van der Waals surface area (Å²) in [5.74, 6) is -0.780. The fourth-order valence-corrected chi connectivity index (χ4v) is 6.60. The van der Waals surface area contributed by atoms with Crippen molar-refractivity contribution in [3.63, 3.8) is 0 Å². The summed E-state index contributed by atoms with van der Waals surface area (Å²) in [5.41, 5.74) is 3.84. The smallest absolute Gasteiger partial charge is 0.264 e. The molecule has 2 atom stereocenters. The van der Waals surface area contributed by atoms with E-state index in [1.165, 1.54) is 4.90 Å². The van der Waals surface area contributed by atoms with E-state index in [9.17, 15) is 18.0 Å². The van der Waals surface area contributed by atoms with Crippen LogP contribution in [-0.2, 0) is 32.6 Å². The van der Waals surface area contributed by atoms with Gasteiger partial charge in [0.05, 0.1) is 10.6 Å². The molecule has 0 spiro atoms. The van der Waals surface area contributed by atoms with Gasteiger partial charge in [-0.3, -0.25) is 13.9 Å². The van der Waals surface area contributed by atoms with Gasteiger partial charge < -0.3 is 10.2 Å². The number of hydrogen-bond donors (Lipinski definition) is 1. The highest BCUT2D eigenvalue weighted by molar-refractivity contribution is 9.10. The topological polar surface area (TPSA) is 86.8 Å². The molecule has 4 aromatic carbocycles. The Hall–Kier alpha value is -3.95. The number of halogens is 1. The van der Waals surface area contributed by atoms with Gasteiger partial charge in [-0.25, -0.2) is 8.42 Å². The first-order chi connectivity index (χ1) is 21.5. The molecular weight excluding hydrogens is 650 g/mol. The Morgan fingerprint density at radius 1 is 0.822 bits per heavy atom. The van der Waals surface area contributed by atoms with Crippen LogP contribution in [0.4, 0.5) is 5.69 Å². The summed E-state index contributed by atoms with van der Waals surface area (Å²) >= 11 is 3.47. The molecule has 0 aliphatic carbocycles. The third-order valence-electron chi connectivity index (χ3n) is 7.72. The second kappa shape index (κ2) is 15.4. The van der Waals surface area contributed by atoms with Crippen LogP contribution in [0.2, 0.25) is 0 Å². The lowest BCUT2D eigenvalue weighted by Gasteiger charge is -2.34. The fraction of sp³-hybridized carbons (Fsp3) is 0.278. The molecule has 7 nitrogen and oxygen atoms in total. The Morgan fingerprint density at radius 2 is 1.49 bits per heavy atom. The van der Waals surface area contributed by atoms with Gasteiger partial charge in [0, 0.05) is 23.5 Å². The highest BCUT2D eigenvalue weighted by Gasteiger charge is 2.35. The number of benzene rings is 4. The first-order valence-electron chi connectivity index (χ1n) is 15.0. The summed E-state index contributed by atoms with van der Waals surface area (Å²) in [6, 6.07) is 29.7. The lowest BCUT2D eigenvalue weighted by atomic mass is 10.0. The second-order valence-corrected chi connectivity index (χ2v) is 14.1. The first kappa shape index (κ1) is 33.9. The molecule has 0 saturated heterocycles. The normalized spacial score (nSPS) is 12.6. The predicted molar refractivity (Wildman–Crippen MR) is 183 cm³/mol. The van der Waals surface area contributed by atoms with Crippen LogP contribution < -0.4 is 9.62 Å². The van der Waals surface area contributed by atoms with Crippen molar-refractivity contribution in [1.29, 1.82) is 0 Å². The Balaban J connectivity index is 1.80. The second-order valence-electron chi connectivity index (χ2n) is 11.3. The van der Waals surface area contributed by atoms with Crippen LogP contribution in [0, 0.1) is 13.8 Å². The summed E-state index contributed by atoms with van der Waals surface area (Å²) in [4.78, 5) is 30.0. The zero-order valence-electron chi connectivity index (χ0n) is 26.1. The monoisotopic (exact) mass is 689 g/mol. The Bertz CT molecular complexity index is 1690. The average Bonchev–Trinajstić information content (AvgIpc) is 3.02. The molecule has 0 bridgehead atoms. The van der Waals surface area contributed by atoms with Gasteiger partial charge in [0.1, 0.15) is 12.6 Å². The van der Waals surface area contributed by atoms with Crippen LogP contribution in [0.1, 0.15) is 42.5 Å². The number of sulfonamides is 1. The molecule has 0 heterocycles. The minimum Gasteiger partial charge on any atom is -0.352 e. The quantitative estimate of drug-likeness (QED) is 0.167. The van der Waals surface area contributed by atoms with E-state index in [0.717, 1.165) is 37.5 Å². The zero-order valence-corrected chi connectivity index (χ0v) is 28.5. The van der Waals surface area contributed by atoms with Crippen LogP contribution >= 0.6 is 15.9 Å². The largest absolute Gasteiger partial charge is 0.352 e. The standard InChI is InChI=1S/C36H40BrN3O4S/c1-5-28(4)38-36(42)34(23-29-11-7-6-8-12-29)39(24-30-16-18-31(37)19-17-30)35(41)25-40(32-13-9-10-27(3)22-32)45(43,44)33-20-14-26(2)15-21-33/h6-22,28,34H,5,23-25H2,1-4H3,(H,38,42)/t28-,34-/m1/s1. The van der Waals surface area contributed by atoms with Crippen molar-refractivity contribution < 1.29 is 18.0 Å². The highest BCUT2D eigenvalue weighted by Crippen LogP contribution is 2.26. The van der Waals surface area contributed by atoms with Crippen molar-refractivity contribution in [1.82, 2.24) is 10.2 Å². The van der Waals surface area contributed by atoms with Crippen molar-refractivity contribution in [3.8, 4) is 0 Å². The molecule has 0 aromatic heterocycles. The molecule has 0 radical (unpaired) electrons. The highest BCUT2D eigenvalue weighted by atomic mass is 79.9. The molecular formula is C36H40BrN3O4S. The molecule has 0 fully saturated rings. The summed E-state index contributed by atoms with van der Waals surface area (Å²) in [6.07, 6.45) is 0.987. The van der Waals surface area contributed by atoms with E-state index in [2.05, 4.69) is 21.2 Å². The number of aryl methyl sites for hydroxylation is 2. The third kappa shape index (κ3) is 9.05. The first-order valence-corrected chi connectivity index (χ1v) is 17.3. The molecule has 9 heteroatoms.